The molecule has 0 aliphatic heterocycles. The van der Waals surface area contributed by atoms with E-state index in [-0.39, 0.29) is 11.5 Å². The summed E-state index contributed by atoms with van der Waals surface area (Å²) in [5, 5.41) is 18.8. The van der Waals surface area contributed by atoms with Crippen molar-refractivity contribution in [2.45, 2.75) is 0 Å². The number of rotatable bonds is 3. The maximum atomic E-state index is 12.2. The molecular formula is C12H10BrN7O2. The second-order valence-corrected chi connectivity index (χ2v) is 5.15. The van der Waals surface area contributed by atoms with Crippen LogP contribution in [-0.2, 0) is 0 Å². The average molecular weight is 364 g/mol. The normalized spacial score (nSPS) is 10.6. The van der Waals surface area contributed by atoms with E-state index in [0.717, 1.165) is 9.99 Å². The molecule has 10 heteroatoms. The molecule has 0 saturated carbocycles. The van der Waals surface area contributed by atoms with Crippen molar-refractivity contribution in [2.75, 3.05) is 12.4 Å². The summed E-state index contributed by atoms with van der Waals surface area (Å²) in [4.78, 5) is 23.8. The highest BCUT2D eigenvalue weighted by Gasteiger charge is 2.18. The summed E-state index contributed by atoms with van der Waals surface area (Å²) < 4.78 is 2.40. The van der Waals surface area contributed by atoms with E-state index in [9.17, 15) is 9.59 Å². The first-order valence-corrected chi connectivity index (χ1v) is 6.96. The van der Waals surface area contributed by atoms with Crippen molar-refractivity contribution in [3.63, 3.8) is 0 Å². The van der Waals surface area contributed by atoms with E-state index >= 15 is 0 Å². The largest absolute Gasteiger partial charge is 0.354 e. The zero-order valence-corrected chi connectivity index (χ0v) is 12.9. The van der Waals surface area contributed by atoms with Gasteiger partial charge in [0.1, 0.15) is 0 Å². The van der Waals surface area contributed by atoms with Crippen molar-refractivity contribution in [1.29, 1.82) is 0 Å². The number of anilines is 1. The van der Waals surface area contributed by atoms with Gasteiger partial charge in [-0.15, -0.1) is 10.2 Å². The van der Waals surface area contributed by atoms with Crippen molar-refractivity contribution in [2.24, 2.45) is 0 Å². The molecule has 0 aromatic carbocycles. The molecule has 0 saturated heterocycles. The Morgan fingerprint density at radius 2 is 2.09 bits per heavy atom. The number of amides is 2. The van der Waals surface area contributed by atoms with Crippen LogP contribution in [0.4, 0.5) is 5.82 Å². The van der Waals surface area contributed by atoms with E-state index in [0.29, 0.717) is 5.56 Å². The summed E-state index contributed by atoms with van der Waals surface area (Å²) in [5.74, 6) is -0.811. The minimum Gasteiger partial charge on any atom is -0.354 e. The van der Waals surface area contributed by atoms with E-state index in [4.69, 9.17) is 0 Å². The molecule has 0 aliphatic carbocycles. The molecule has 9 nitrogen and oxygen atoms in total. The average Bonchev–Trinajstić information content (AvgIpc) is 3.13. The highest BCUT2D eigenvalue weighted by molar-refractivity contribution is 9.10. The number of carbonyl (C=O) groups excluding carboxylic acids is 2. The summed E-state index contributed by atoms with van der Waals surface area (Å²) >= 11 is 3.36. The van der Waals surface area contributed by atoms with Gasteiger partial charge in [-0.1, -0.05) is 0 Å². The zero-order chi connectivity index (χ0) is 15.7. The SMILES string of the molecule is CNC(=O)c1n[nH]nc1NC(=O)c1ccc2c(Br)cnn2c1. The molecule has 0 spiro atoms. The molecule has 3 N–H and O–H groups in total. The molecule has 3 aromatic heterocycles. The zero-order valence-electron chi connectivity index (χ0n) is 11.3. The van der Waals surface area contributed by atoms with Gasteiger partial charge in [-0.2, -0.15) is 10.3 Å². The summed E-state index contributed by atoms with van der Waals surface area (Å²) in [5.41, 5.74) is 1.22. The van der Waals surface area contributed by atoms with Crippen LogP contribution in [-0.4, -0.2) is 43.9 Å². The maximum absolute atomic E-state index is 12.2. The molecule has 2 amide bonds. The second-order valence-electron chi connectivity index (χ2n) is 4.29. The molecule has 3 aromatic rings. The van der Waals surface area contributed by atoms with E-state index in [1.54, 1.807) is 29.0 Å². The van der Waals surface area contributed by atoms with Crippen LogP contribution in [0.3, 0.4) is 0 Å². The quantitative estimate of drug-likeness (QED) is 0.636. The molecule has 22 heavy (non-hydrogen) atoms. The predicted molar refractivity (Wildman–Crippen MR) is 80.6 cm³/mol. The summed E-state index contributed by atoms with van der Waals surface area (Å²) in [6.45, 7) is 0. The van der Waals surface area contributed by atoms with Gasteiger partial charge in [-0.3, -0.25) is 9.59 Å². The first-order valence-electron chi connectivity index (χ1n) is 6.17. The van der Waals surface area contributed by atoms with Gasteiger partial charge < -0.3 is 10.6 Å². The molecule has 0 atom stereocenters. The standard InChI is InChI=1S/C12H10BrN7O2/c1-14-12(22)9-10(18-19-17-9)16-11(21)6-2-3-8-7(13)4-15-20(8)5-6/h2-5H,1H3,(H,14,22)(H2,16,17,18,19,21). The van der Waals surface area contributed by atoms with E-state index in [1.807, 2.05) is 0 Å². The Morgan fingerprint density at radius 1 is 1.27 bits per heavy atom. The van der Waals surface area contributed by atoms with Gasteiger partial charge in [0.15, 0.2) is 11.5 Å². The van der Waals surface area contributed by atoms with E-state index in [1.165, 1.54) is 7.05 Å². The van der Waals surface area contributed by atoms with Gasteiger partial charge in [0.2, 0.25) is 0 Å². The van der Waals surface area contributed by atoms with Crippen LogP contribution in [0.1, 0.15) is 20.8 Å². The molecule has 0 fully saturated rings. The minimum absolute atomic E-state index is 0.0127. The number of halogens is 1. The third kappa shape index (κ3) is 2.44. The number of pyridine rings is 1. The highest BCUT2D eigenvalue weighted by atomic mass is 79.9. The fraction of sp³-hybridized carbons (Fsp3) is 0.0833. The Hall–Kier alpha value is -2.75. The van der Waals surface area contributed by atoms with Crippen molar-refractivity contribution in [3.05, 3.63) is 40.3 Å². The molecule has 3 heterocycles. The number of H-pyrrole nitrogens is 1. The number of nitrogens with zero attached hydrogens (tertiary/aromatic N) is 4. The Labute approximate surface area is 132 Å². The van der Waals surface area contributed by atoms with Gasteiger partial charge in [0.05, 0.1) is 21.7 Å². The number of aromatic nitrogens is 5. The smallest absolute Gasteiger partial charge is 0.275 e. The summed E-state index contributed by atoms with van der Waals surface area (Å²) in [6, 6.07) is 3.41. The van der Waals surface area contributed by atoms with Crippen LogP contribution < -0.4 is 10.6 Å². The Morgan fingerprint density at radius 3 is 2.86 bits per heavy atom. The van der Waals surface area contributed by atoms with Crippen LogP contribution in [0.2, 0.25) is 0 Å². The van der Waals surface area contributed by atoms with Crippen molar-refractivity contribution in [1.82, 2.24) is 30.3 Å². The van der Waals surface area contributed by atoms with Crippen molar-refractivity contribution in [3.8, 4) is 0 Å². The van der Waals surface area contributed by atoms with Crippen molar-refractivity contribution < 1.29 is 9.59 Å². The topological polar surface area (TPSA) is 117 Å². The van der Waals surface area contributed by atoms with Crippen LogP contribution in [0.15, 0.2) is 29.0 Å². The monoisotopic (exact) mass is 363 g/mol. The number of hydrogen-bond donors (Lipinski definition) is 3. The van der Waals surface area contributed by atoms with E-state index in [2.05, 4.69) is 47.1 Å². The second kappa shape index (κ2) is 5.56. The number of aromatic amines is 1. The lowest BCUT2D eigenvalue weighted by atomic mass is 10.2. The van der Waals surface area contributed by atoms with Gasteiger partial charge in [-0.05, 0) is 28.1 Å². The van der Waals surface area contributed by atoms with Gasteiger partial charge in [-0.25, -0.2) is 4.52 Å². The Kier molecular flexibility index (Phi) is 3.59. The Bertz CT molecular complexity index is 869. The number of carbonyl (C=O) groups is 2. The van der Waals surface area contributed by atoms with Crippen LogP contribution in [0, 0.1) is 0 Å². The minimum atomic E-state index is -0.449. The molecular weight excluding hydrogens is 354 g/mol. The molecule has 0 bridgehead atoms. The molecule has 3 rings (SSSR count). The first-order chi connectivity index (χ1) is 10.6. The predicted octanol–water partition coefficient (Wildman–Crippen LogP) is 0.827. The summed E-state index contributed by atoms with van der Waals surface area (Å²) in [7, 11) is 1.46. The summed E-state index contributed by atoms with van der Waals surface area (Å²) in [6.07, 6.45) is 3.22. The van der Waals surface area contributed by atoms with Crippen molar-refractivity contribution >= 4 is 39.1 Å². The van der Waals surface area contributed by atoms with E-state index < -0.39 is 11.8 Å². The lowest BCUT2D eigenvalue weighted by Gasteiger charge is -2.04. The third-order valence-electron chi connectivity index (χ3n) is 2.95. The lowest BCUT2D eigenvalue weighted by Crippen LogP contribution is -2.21. The number of nitrogens with one attached hydrogen (secondary N) is 3. The number of fused-ring (bicyclic) bond motifs is 1. The fourth-order valence-electron chi connectivity index (χ4n) is 1.86. The number of hydrogen-bond acceptors (Lipinski definition) is 5. The lowest BCUT2D eigenvalue weighted by molar-refractivity contribution is 0.0959. The highest BCUT2D eigenvalue weighted by Crippen LogP contribution is 2.18. The first kappa shape index (κ1) is 14.2. The fourth-order valence-corrected chi connectivity index (χ4v) is 2.27. The van der Waals surface area contributed by atoms with Crippen LogP contribution in [0.5, 0.6) is 0 Å². The van der Waals surface area contributed by atoms with Crippen LogP contribution >= 0.6 is 15.9 Å². The third-order valence-corrected chi connectivity index (χ3v) is 3.56. The molecule has 0 radical (unpaired) electrons. The van der Waals surface area contributed by atoms with Gasteiger partial charge in [0, 0.05) is 13.2 Å². The van der Waals surface area contributed by atoms with Crippen LogP contribution in [0.25, 0.3) is 5.52 Å². The Balaban J connectivity index is 1.87. The molecule has 0 unspecified atom stereocenters. The molecule has 112 valence electrons. The molecule has 0 aliphatic rings. The van der Waals surface area contributed by atoms with Gasteiger partial charge >= 0.3 is 0 Å². The van der Waals surface area contributed by atoms with Gasteiger partial charge in [0.25, 0.3) is 11.8 Å². The maximum Gasteiger partial charge on any atom is 0.275 e.